The van der Waals surface area contributed by atoms with Gasteiger partial charge in [0.2, 0.25) is 11.1 Å². The van der Waals surface area contributed by atoms with Crippen LogP contribution < -0.4 is 0 Å². The van der Waals surface area contributed by atoms with Crippen LogP contribution in [0.1, 0.15) is 16.9 Å². The first-order valence-electron chi connectivity index (χ1n) is 8.73. The summed E-state index contributed by atoms with van der Waals surface area (Å²) in [6, 6.07) is 14.4. The number of aromatic nitrogens is 4. The zero-order valence-corrected chi connectivity index (χ0v) is 16.3. The Morgan fingerprint density at radius 2 is 2.07 bits per heavy atom. The van der Waals surface area contributed by atoms with Crippen LogP contribution in [0.4, 0.5) is 0 Å². The Kier molecular flexibility index (Phi) is 5.64. The van der Waals surface area contributed by atoms with Gasteiger partial charge in [0.15, 0.2) is 0 Å². The number of nitrogens with zero attached hydrogens (tertiary/aromatic N) is 5. The van der Waals surface area contributed by atoms with Crippen LogP contribution in [0.3, 0.4) is 0 Å². The molecule has 0 fully saturated rings. The molecule has 4 rings (SSSR count). The maximum Gasteiger partial charge on any atom is 0.233 e. The third-order valence-corrected chi connectivity index (χ3v) is 6.22. The van der Waals surface area contributed by atoms with Gasteiger partial charge in [-0.1, -0.05) is 54.2 Å². The molecule has 138 valence electrons. The molecule has 3 aromatic rings. The van der Waals surface area contributed by atoms with E-state index in [9.17, 15) is 4.79 Å². The summed E-state index contributed by atoms with van der Waals surface area (Å²) in [5, 5.41) is 14.5. The van der Waals surface area contributed by atoms with E-state index in [1.54, 1.807) is 16.0 Å². The predicted octanol–water partition coefficient (Wildman–Crippen LogP) is 3.19. The molecule has 0 radical (unpaired) electrons. The van der Waals surface area contributed by atoms with Crippen LogP contribution in [0.15, 0.2) is 59.1 Å². The first-order chi connectivity index (χ1) is 13.3. The van der Waals surface area contributed by atoms with Crippen molar-refractivity contribution in [3.8, 4) is 0 Å². The van der Waals surface area contributed by atoms with Crippen LogP contribution in [0.5, 0.6) is 0 Å². The third kappa shape index (κ3) is 4.45. The molecule has 1 amide bonds. The standard InChI is InChI=1S/C19H19N5OS2/c25-18(23-10-8-16(9-11-23)15-5-2-1-3-6-15)14-27-19-20-21-22-24(19)13-17-7-4-12-26-17/h1-8,12H,9-11,13-14H2. The first kappa shape index (κ1) is 17.9. The van der Waals surface area contributed by atoms with Crippen LogP contribution >= 0.6 is 23.1 Å². The minimum absolute atomic E-state index is 0.119. The fraction of sp³-hybridized carbons (Fsp3) is 0.263. The van der Waals surface area contributed by atoms with Crippen molar-refractivity contribution in [2.24, 2.45) is 0 Å². The van der Waals surface area contributed by atoms with Crippen molar-refractivity contribution >= 4 is 34.6 Å². The number of hydrogen-bond acceptors (Lipinski definition) is 6. The Hall–Kier alpha value is -2.45. The Balaban J connectivity index is 1.32. The van der Waals surface area contributed by atoms with Gasteiger partial charge >= 0.3 is 0 Å². The number of benzene rings is 1. The Labute approximate surface area is 165 Å². The van der Waals surface area contributed by atoms with Gasteiger partial charge in [0.25, 0.3) is 0 Å². The van der Waals surface area contributed by atoms with Gasteiger partial charge in [0.1, 0.15) is 0 Å². The summed E-state index contributed by atoms with van der Waals surface area (Å²) < 4.78 is 1.74. The van der Waals surface area contributed by atoms with Crippen molar-refractivity contribution in [3.05, 3.63) is 64.4 Å². The molecule has 0 spiro atoms. The summed E-state index contributed by atoms with van der Waals surface area (Å²) in [6.45, 7) is 2.04. The molecule has 27 heavy (non-hydrogen) atoms. The molecule has 8 heteroatoms. The minimum Gasteiger partial charge on any atom is -0.338 e. The second-order valence-corrected chi connectivity index (χ2v) is 8.15. The topological polar surface area (TPSA) is 63.9 Å². The number of carbonyl (C=O) groups is 1. The van der Waals surface area contributed by atoms with E-state index in [0.717, 1.165) is 13.0 Å². The maximum absolute atomic E-state index is 12.6. The molecule has 0 atom stereocenters. The van der Waals surface area contributed by atoms with Gasteiger partial charge in [-0.05, 0) is 39.4 Å². The molecule has 1 aliphatic heterocycles. The minimum atomic E-state index is 0.119. The summed E-state index contributed by atoms with van der Waals surface area (Å²) >= 11 is 3.06. The van der Waals surface area contributed by atoms with Gasteiger partial charge in [-0.25, -0.2) is 4.68 Å². The number of thiophene rings is 1. The highest BCUT2D eigenvalue weighted by Crippen LogP contribution is 2.23. The highest BCUT2D eigenvalue weighted by atomic mass is 32.2. The quantitative estimate of drug-likeness (QED) is 0.598. The second-order valence-electron chi connectivity index (χ2n) is 6.17. The average molecular weight is 398 g/mol. The maximum atomic E-state index is 12.6. The zero-order valence-electron chi connectivity index (χ0n) is 14.7. The number of rotatable bonds is 6. The van der Waals surface area contributed by atoms with E-state index in [1.807, 2.05) is 34.5 Å². The van der Waals surface area contributed by atoms with Crippen LogP contribution in [0.25, 0.3) is 5.57 Å². The van der Waals surface area contributed by atoms with Gasteiger partial charge < -0.3 is 4.90 Å². The largest absolute Gasteiger partial charge is 0.338 e. The monoisotopic (exact) mass is 397 g/mol. The third-order valence-electron chi connectivity index (χ3n) is 4.42. The van der Waals surface area contributed by atoms with Crippen molar-refractivity contribution in [1.29, 1.82) is 0 Å². The molecular weight excluding hydrogens is 378 g/mol. The van der Waals surface area contributed by atoms with Gasteiger partial charge in [-0.3, -0.25) is 4.79 Å². The molecule has 2 aromatic heterocycles. The highest BCUT2D eigenvalue weighted by molar-refractivity contribution is 7.99. The molecular formula is C19H19N5OS2. The SMILES string of the molecule is O=C(CSc1nnnn1Cc1cccs1)N1CC=C(c2ccccc2)CC1. The number of carbonyl (C=O) groups excluding carboxylic acids is 1. The Morgan fingerprint density at radius 1 is 1.19 bits per heavy atom. The number of tetrazole rings is 1. The van der Waals surface area contributed by atoms with Gasteiger partial charge in [-0.2, -0.15) is 0 Å². The normalized spacial score (nSPS) is 14.2. The summed E-state index contributed by atoms with van der Waals surface area (Å²) in [5.41, 5.74) is 2.55. The molecule has 1 aliphatic rings. The highest BCUT2D eigenvalue weighted by Gasteiger charge is 2.19. The lowest BCUT2D eigenvalue weighted by Gasteiger charge is -2.26. The van der Waals surface area contributed by atoms with Gasteiger partial charge in [-0.15, -0.1) is 16.4 Å². The van der Waals surface area contributed by atoms with Crippen LogP contribution in [-0.2, 0) is 11.3 Å². The van der Waals surface area contributed by atoms with E-state index in [0.29, 0.717) is 24.0 Å². The van der Waals surface area contributed by atoms with Crippen LogP contribution in [0, 0.1) is 0 Å². The molecule has 0 bridgehead atoms. The smallest absolute Gasteiger partial charge is 0.233 e. The summed E-state index contributed by atoms with van der Waals surface area (Å²) in [5.74, 6) is 0.466. The number of amides is 1. The Morgan fingerprint density at radius 3 is 2.81 bits per heavy atom. The van der Waals surface area contributed by atoms with Crippen molar-refractivity contribution in [3.63, 3.8) is 0 Å². The molecule has 0 unspecified atom stereocenters. The van der Waals surface area contributed by atoms with Gasteiger partial charge in [0, 0.05) is 18.0 Å². The molecule has 0 saturated carbocycles. The summed E-state index contributed by atoms with van der Waals surface area (Å²) in [6.07, 6.45) is 3.04. The molecule has 1 aromatic carbocycles. The fourth-order valence-corrected chi connectivity index (χ4v) is 4.44. The fourth-order valence-electron chi connectivity index (χ4n) is 2.98. The predicted molar refractivity (Wildman–Crippen MR) is 108 cm³/mol. The van der Waals surface area contributed by atoms with E-state index in [-0.39, 0.29) is 5.91 Å². The molecule has 3 heterocycles. The number of hydrogen-bond donors (Lipinski definition) is 0. The first-order valence-corrected chi connectivity index (χ1v) is 10.6. The number of thioether (sulfide) groups is 1. The molecule has 0 N–H and O–H groups in total. The zero-order chi connectivity index (χ0) is 18.5. The van der Waals surface area contributed by atoms with Crippen molar-refractivity contribution in [2.75, 3.05) is 18.8 Å². The molecule has 6 nitrogen and oxygen atoms in total. The summed E-state index contributed by atoms with van der Waals surface area (Å²) in [4.78, 5) is 15.6. The lowest BCUT2D eigenvalue weighted by Crippen LogP contribution is -2.35. The Bertz CT molecular complexity index is 921. The average Bonchev–Trinajstić information content (AvgIpc) is 3.39. The van der Waals surface area contributed by atoms with E-state index in [4.69, 9.17) is 0 Å². The lowest BCUT2D eigenvalue weighted by molar-refractivity contribution is -0.127. The molecule has 0 aliphatic carbocycles. The second kappa shape index (κ2) is 8.49. The van der Waals surface area contributed by atoms with Crippen LogP contribution in [0.2, 0.25) is 0 Å². The van der Waals surface area contributed by atoms with Crippen LogP contribution in [-0.4, -0.2) is 49.9 Å². The van der Waals surface area contributed by atoms with E-state index in [1.165, 1.54) is 27.8 Å². The van der Waals surface area contributed by atoms with E-state index < -0.39 is 0 Å². The molecule has 0 saturated heterocycles. The van der Waals surface area contributed by atoms with E-state index in [2.05, 4.69) is 39.8 Å². The van der Waals surface area contributed by atoms with Crippen molar-refractivity contribution < 1.29 is 4.79 Å². The summed E-state index contributed by atoms with van der Waals surface area (Å²) in [7, 11) is 0. The lowest BCUT2D eigenvalue weighted by atomic mass is 10.00. The van der Waals surface area contributed by atoms with E-state index >= 15 is 0 Å². The van der Waals surface area contributed by atoms with Gasteiger partial charge in [0.05, 0.1) is 12.3 Å². The van der Waals surface area contributed by atoms with Crippen molar-refractivity contribution in [1.82, 2.24) is 25.1 Å². The van der Waals surface area contributed by atoms with Crippen molar-refractivity contribution in [2.45, 2.75) is 18.1 Å².